The van der Waals surface area contributed by atoms with E-state index < -0.39 is 17.9 Å². The molecule has 0 bridgehead atoms. The minimum atomic E-state index is -0.793. The molecule has 2 amide bonds. The molecule has 1 atom stereocenters. The first-order valence-electron chi connectivity index (χ1n) is 9.07. The lowest BCUT2D eigenvalue weighted by molar-refractivity contribution is -0.133. The minimum absolute atomic E-state index is 0.211. The summed E-state index contributed by atoms with van der Waals surface area (Å²) in [6, 6.07) is 12.5. The monoisotopic (exact) mass is 386 g/mol. The topological polar surface area (TPSA) is 85.9 Å². The van der Waals surface area contributed by atoms with Crippen LogP contribution in [0, 0.1) is 13.8 Å². The maximum Gasteiger partial charge on any atom is 0.279 e. The average molecular weight is 386 g/mol. The fourth-order valence-corrected chi connectivity index (χ4v) is 2.26. The van der Waals surface area contributed by atoms with E-state index in [0.717, 1.165) is 16.9 Å². The molecule has 0 aliphatic rings. The van der Waals surface area contributed by atoms with Gasteiger partial charge >= 0.3 is 0 Å². The smallest absolute Gasteiger partial charge is 0.279 e. The Bertz CT molecular complexity index is 805. The number of rotatable bonds is 8. The first-order valence-corrected chi connectivity index (χ1v) is 9.07. The molecular formula is C21H26N2O5. The summed E-state index contributed by atoms with van der Waals surface area (Å²) in [7, 11) is 0. The van der Waals surface area contributed by atoms with Crippen molar-refractivity contribution in [3.8, 4) is 17.2 Å². The van der Waals surface area contributed by atoms with Crippen LogP contribution in [0.25, 0.3) is 0 Å². The predicted octanol–water partition coefficient (Wildman–Crippen LogP) is 2.70. The van der Waals surface area contributed by atoms with E-state index in [1.807, 2.05) is 32.9 Å². The Kier molecular flexibility index (Phi) is 7.68. The number of amides is 2. The third-order valence-corrected chi connectivity index (χ3v) is 3.99. The molecule has 0 aliphatic carbocycles. The highest BCUT2D eigenvalue weighted by atomic mass is 16.5. The van der Waals surface area contributed by atoms with Gasteiger partial charge in [0.25, 0.3) is 11.8 Å². The number of carbonyl (C=O) groups is 2. The number of nitrogens with one attached hydrogen (secondary N) is 2. The van der Waals surface area contributed by atoms with Gasteiger partial charge in [0.2, 0.25) is 0 Å². The fraction of sp³-hybridized carbons (Fsp3) is 0.333. The van der Waals surface area contributed by atoms with Crippen LogP contribution in [-0.4, -0.2) is 31.1 Å². The molecule has 0 radical (unpaired) electrons. The van der Waals surface area contributed by atoms with Crippen molar-refractivity contribution in [1.82, 2.24) is 10.9 Å². The number of benzene rings is 2. The summed E-state index contributed by atoms with van der Waals surface area (Å²) in [5, 5.41) is 0. The van der Waals surface area contributed by atoms with E-state index in [4.69, 9.17) is 14.2 Å². The van der Waals surface area contributed by atoms with Crippen LogP contribution in [0.1, 0.15) is 25.0 Å². The van der Waals surface area contributed by atoms with E-state index in [9.17, 15) is 9.59 Å². The largest absolute Gasteiger partial charge is 0.494 e. The highest BCUT2D eigenvalue weighted by Gasteiger charge is 2.15. The standard InChI is InChI=1S/C21H26N2O5/c1-5-26-17-8-10-18(11-9-17)28-16(4)21(25)23-22-20(24)13-27-19-7-6-14(2)15(3)12-19/h6-12,16H,5,13H2,1-4H3,(H,22,24)(H,23,25)/t16-/m0/s1. The molecule has 2 N–H and O–H groups in total. The molecule has 0 aliphatic heterocycles. The number of aryl methyl sites for hydroxylation is 2. The number of hydrogen-bond acceptors (Lipinski definition) is 5. The van der Waals surface area contributed by atoms with Gasteiger partial charge < -0.3 is 14.2 Å². The van der Waals surface area contributed by atoms with Crippen molar-refractivity contribution in [2.75, 3.05) is 13.2 Å². The van der Waals surface area contributed by atoms with Crippen LogP contribution in [0.15, 0.2) is 42.5 Å². The van der Waals surface area contributed by atoms with Crippen molar-refractivity contribution >= 4 is 11.8 Å². The lowest BCUT2D eigenvalue weighted by Gasteiger charge is -2.15. The Morgan fingerprint density at radius 3 is 2.18 bits per heavy atom. The summed E-state index contributed by atoms with van der Waals surface area (Å²) in [5.41, 5.74) is 6.85. The van der Waals surface area contributed by atoms with Gasteiger partial charge in [0, 0.05) is 0 Å². The molecule has 150 valence electrons. The summed E-state index contributed by atoms with van der Waals surface area (Å²) in [4.78, 5) is 23.9. The zero-order valence-corrected chi connectivity index (χ0v) is 16.6. The van der Waals surface area contributed by atoms with E-state index in [1.54, 1.807) is 37.3 Å². The zero-order chi connectivity index (χ0) is 20.5. The second-order valence-electron chi connectivity index (χ2n) is 6.24. The van der Waals surface area contributed by atoms with Crippen molar-refractivity contribution in [2.24, 2.45) is 0 Å². The van der Waals surface area contributed by atoms with E-state index in [0.29, 0.717) is 18.1 Å². The van der Waals surface area contributed by atoms with Gasteiger partial charge in [-0.05, 0) is 75.2 Å². The first-order chi connectivity index (χ1) is 13.4. The third-order valence-electron chi connectivity index (χ3n) is 3.99. The first kappa shape index (κ1) is 21.1. The minimum Gasteiger partial charge on any atom is -0.494 e. The van der Waals surface area contributed by atoms with Gasteiger partial charge in [0.05, 0.1) is 6.61 Å². The van der Waals surface area contributed by atoms with Gasteiger partial charge in [-0.25, -0.2) is 0 Å². The molecule has 2 aromatic carbocycles. The van der Waals surface area contributed by atoms with Crippen molar-refractivity contribution in [3.63, 3.8) is 0 Å². The van der Waals surface area contributed by atoms with Gasteiger partial charge in [0.15, 0.2) is 12.7 Å². The van der Waals surface area contributed by atoms with Crippen LogP contribution < -0.4 is 25.1 Å². The fourth-order valence-electron chi connectivity index (χ4n) is 2.26. The molecule has 0 heterocycles. The van der Waals surface area contributed by atoms with E-state index in [-0.39, 0.29) is 6.61 Å². The summed E-state index contributed by atoms with van der Waals surface area (Å²) < 4.78 is 16.3. The second-order valence-corrected chi connectivity index (χ2v) is 6.24. The Morgan fingerprint density at radius 2 is 1.54 bits per heavy atom. The molecule has 0 fully saturated rings. The highest BCUT2D eigenvalue weighted by Crippen LogP contribution is 2.18. The molecule has 28 heavy (non-hydrogen) atoms. The number of hydrazine groups is 1. The molecule has 0 spiro atoms. The lowest BCUT2D eigenvalue weighted by atomic mass is 10.1. The average Bonchev–Trinajstić information content (AvgIpc) is 2.68. The normalized spacial score (nSPS) is 11.3. The lowest BCUT2D eigenvalue weighted by Crippen LogP contribution is -2.48. The Labute approximate surface area is 165 Å². The third kappa shape index (κ3) is 6.50. The predicted molar refractivity (Wildman–Crippen MR) is 105 cm³/mol. The summed E-state index contributed by atoms with van der Waals surface area (Å²) >= 11 is 0. The van der Waals surface area contributed by atoms with Gasteiger partial charge in [0.1, 0.15) is 17.2 Å². The van der Waals surface area contributed by atoms with Crippen molar-refractivity contribution in [2.45, 2.75) is 33.8 Å². The van der Waals surface area contributed by atoms with Gasteiger partial charge in [-0.1, -0.05) is 6.07 Å². The van der Waals surface area contributed by atoms with E-state index in [2.05, 4.69) is 10.9 Å². The maximum atomic E-state index is 12.1. The molecule has 0 unspecified atom stereocenters. The highest BCUT2D eigenvalue weighted by molar-refractivity contribution is 5.85. The van der Waals surface area contributed by atoms with Crippen LogP contribution in [0.3, 0.4) is 0 Å². The summed E-state index contributed by atoms with van der Waals surface area (Å²) in [6.07, 6.45) is -0.793. The van der Waals surface area contributed by atoms with E-state index in [1.165, 1.54) is 0 Å². The molecular weight excluding hydrogens is 360 g/mol. The molecule has 7 heteroatoms. The molecule has 2 rings (SSSR count). The van der Waals surface area contributed by atoms with Crippen LogP contribution in [-0.2, 0) is 9.59 Å². The number of hydrogen-bond donors (Lipinski definition) is 2. The molecule has 2 aromatic rings. The second kappa shape index (κ2) is 10.2. The van der Waals surface area contributed by atoms with Crippen LogP contribution in [0.4, 0.5) is 0 Å². The zero-order valence-electron chi connectivity index (χ0n) is 16.6. The van der Waals surface area contributed by atoms with Crippen LogP contribution >= 0.6 is 0 Å². The van der Waals surface area contributed by atoms with Crippen molar-refractivity contribution in [1.29, 1.82) is 0 Å². The molecule has 0 saturated heterocycles. The Balaban J connectivity index is 1.73. The SMILES string of the molecule is CCOc1ccc(O[C@@H](C)C(=O)NNC(=O)COc2ccc(C)c(C)c2)cc1. The Hall–Kier alpha value is -3.22. The molecule has 0 aromatic heterocycles. The quantitative estimate of drug-likeness (QED) is 0.682. The molecule has 0 saturated carbocycles. The Morgan fingerprint density at radius 1 is 0.893 bits per heavy atom. The molecule has 7 nitrogen and oxygen atoms in total. The number of ether oxygens (including phenoxy) is 3. The summed E-state index contributed by atoms with van der Waals surface area (Å²) in [5.74, 6) is 0.892. The van der Waals surface area contributed by atoms with E-state index >= 15 is 0 Å². The van der Waals surface area contributed by atoms with Crippen LogP contribution in [0.2, 0.25) is 0 Å². The van der Waals surface area contributed by atoms with Crippen LogP contribution in [0.5, 0.6) is 17.2 Å². The number of carbonyl (C=O) groups excluding carboxylic acids is 2. The van der Waals surface area contributed by atoms with Crippen molar-refractivity contribution in [3.05, 3.63) is 53.6 Å². The summed E-state index contributed by atoms with van der Waals surface area (Å²) in [6.45, 7) is 7.82. The van der Waals surface area contributed by atoms with Gasteiger partial charge in [-0.2, -0.15) is 0 Å². The van der Waals surface area contributed by atoms with Gasteiger partial charge in [-0.15, -0.1) is 0 Å². The maximum absolute atomic E-state index is 12.1. The van der Waals surface area contributed by atoms with Gasteiger partial charge in [-0.3, -0.25) is 20.4 Å². The van der Waals surface area contributed by atoms with Crippen molar-refractivity contribution < 1.29 is 23.8 Å².